The van der Waals surface area contributed by atoms with Gasteiger partial charge in [0, 0.05) is 64.9 Å². The first-order valence-electron chi connectivity index (χ1n) is 9.36. The molecule has 3 rings (SSSR count). The first-order valence-corrected chi connectivity index (χ1v) is 9.36. The average Bonchev–Trinajstić information content (AvgIpc) is 3.15. The van der Waals surface area contributed by atoms with Crippen molar-refractivity contribution in [3.8, 4) is 0 Å². The lowest BCUT2D eigenvalue weighted by molar-refractivity contribution is -0.133. The molecule has 2 aromatic rings. The van der Waals surface area contributed by atoms with Crippen LogP contribution in [0.1, 0.15) is 31.4 Å². The molecule has 1 atom stereocenters. The first kappa shape index (κ1) is 18.4. The number of hydrogen-bond acceptors (Lipinski definition) is 5. The minimum absolute atomic E-state index is 0.258. The van der Waals surface area contributed by atoms with Gasteiger partial charge in [0.05, 0.1) is 5.69 Å². The van der Waals surface area contributed by atoms with Gasteiger partial charge in [-0.05, 0) is 37.7 Å². The molecule has 0 aromatic carbocycles. The van der Waals surface area contributed by atoms with Crippen molar-refractivity contribution in [2.45, 2.75) is 38.6 Å². The van der Waals surface area contributed by atoms with Crippen LogP contribution in [0, 0.1) is 5.92 Å². The third-order valence-electron chi connectivity index (χ3n) is 4.87. The van der Waals surface area contributed by atoms with Gasteiger partial charge in [-0.25, -0.2) is 4.98 Å². The van der Waals surface area contributed by atoms with E-state index in [1.165, 1.54) is 0 Å². The molecule has 1 aliphatic rings. The Morgan fingerprint density at radius 1 is 1.27 bits per heavy atom. The number of hydrogen-bond donors (Lipinski definition) is 0. The highest BCUT2D eigenvalue weighted by atomic mass is 16.2. The fourth-order valence-electron chi connectivity index (χ4n) is 3.59. The van der Waals surface area contributed by atoms with Crippen LogP contribution >= 0.6 is 0 Å². The molecule has 1 fully saturated rings. The largest absolute Gasteiger partial charge is 0.361 e. The highest BCUT2D eigenvalue weighted by Gasteiger charge is 2.25. The van der Waals surface area contributed by atoms with Gasteiger partial charge in [0.15, 0.2) is 0 Å². The van der Waals surface area contributed by atoms with Crippen LogP contribution in [0.25, 0.3) is 0 Å². The van der Waals surface area contributed by atoms with Gasteiger partial charge in [-0.15, -0.1) is 0 Å². The molecule has 26 heavy (non-hydrogen) atoms. The molecular weight excluding hydrogens is 328 g/mol. The second-order valence-electron chi connectivity index (χ2n) is 7.15. The van der Waals surface area contributed by atoms with E-state index in [0.717, 1.165) is 56.8 Å². The van der Waals surface area contributed by atoms with E-state index in [2.05, 4.69) is 15.1 Å². The summed E-state index contributed by atoms with van der Waals surface area (Å²) in [7, 11) is 3.98. The zero-order chi connectivity index (χ0) is 18.4. The molecule has 7 heteroatoms. The highest BCUT2D eigenvalue weighted by molar-refractivity contribution is 5.76. The third kappa shape index (κ3) is 4.80. The summed E-state index contributed by atoms with van der Waals surface area (Å²) < 4.78 is 1.88. The van der Waals surface area contributed by atoms with Gasteiger partial charge in [-0.3, -0.25) is 14.5 Å². The van der Waals surface area contributed by atoms with E-state index in [-0.39, 0.29) is 5.91 Å². The summed E-state index contributed by atoms with van der Waals surface area (Å²) in [6, 6.07) is 1.91. The van der Waals surface area contributed by atoms with Gasteiger partial charge in [-0.2, -0.15) is 5.10 Å². The maximum absolute atomic E-state index is 12.6. The van der Waals surface area contributed by atoms with Crippen molar-refractivity contribution in [3.63, 3.8) is 0 Å². The van der Waals surface area contributed by atoms with Crippen LogP contribution in [0.5, 0.6) is 0 Å². The molecule has 0 bridgehead atoms. The topological polar surface area (TPSA) is 67.2 Å². The Hall–Kier alpha value is -2.44. The van der Waals surface area contributed by atoms with Gasteiger partial charge < -0.3 is 9.80 Å². The molecule has 1 unspecified atom stereocenters. The van der Waals surface area contributed by atoms with E-state index in [1.807, 2.05) is 40.8 Å². The Labute approximate surface area is 155 Å². The van der Waals surface area contributed by atoms with Crippen molar-refractivity contribution in [2.75, 3.05) is 32.1 Å². The van der Waals surface area contributed by atoms with Crippen LogP contribution in [0.15, 0.2) is 30.9 Å². The number of piperidine rings is 1. The molecule has 0 radical (unpaired) electrons. The van der Waals surface area contributed by atoms with Gasteiger partial charge in [0.2, 0.25) is 5.91 Å². The molecule has 1 amide bonds. The summed E-state index contributed by atoms with van der Waals surface area (Å²) >= 11 is 0. The standard InChI is InChI=1S/C19H28N6O/c1-23(2)19-17(20-9-10-21-19)14-16-6-3-11-24(15-16)18(26)7-4-12-25-13-5-8-22-25/h5,8-10,13,16H,3-4,6-7,11-12,14-15H2,1-2H3. The Morgan fingerprint density at radius 2 is 2.12 bits per heavy atom. The fraction of sp³-hybridized carbons (Fsp3) is 0.579. The number of nitrogens with zero attached hydrogens (tertiary/aromatic N) is 6. The van der Waals surface area contributed by atoms with E-state index in [1.54, 1.807) is 18.6 Å². The average molecular weight is 356 g/mol. The van der Waals surface area contributed by atoms with Gasteiger partial charge >= 0.3 is 0 Å². The minimum Gasteiger partial charge on any atom is -0.361 e. The number of rotatable bonds is 7. The second-order valence-corrected chi connectivity index (χ2v) is 7.15. The van der Waals surface area contributed by atoms with E-state index in [0.29, 0.717) is 12.3 Å². The zero-order valence-electron chi connectivity index (χ0n) is 15.7. The number of carbonyl (C=O) groups excluding carboxylic acids is 1. The molecular formula is C19H28N6O. The Kier molecular flexibility index (Phi) is 6.20. The molecule has 7 nitrogen and oxygen atoms in total. The smallest absolute Gasteiger partial charge is 0.222 e. The second kappa shape index (κ2) is 8.78. The molecule has 0 saturated carbocycles. The van der Waals surface area contributed by atoms with Crippen molar-refractivity contribution in [1.29, 1.82) is 0 Å². The Morgan fingerprint density at radius 3 is 2.88 bits per heavy atom. The minimum atomic E-state index is 0.258. The maximum Gasteiger partial charge on any atom is 0.222 e. The number of anilines is 1. The van der Waals surface area contributed by atoms with Gasteiger partial charge in [-0.1, -0.05) is 0 Å². The highest BCUT2D eigenvalue weighted by Crippen LogP contribution is 2.24. The molecule has 2 aromatic heterocycles. The number of likely N-dealkylation sites (tertiary alicyclic amines) is 1. The normalized spacial score (nSPS) is 17.3. The van der Waals surface area contributed by atoms with Crippen LogP contribution < -0.4 is 4.90 Å². The summed E-state index contributed by atoms with van der Waals surface area (Å²) in [5.41, 5.74) is 1.02. The van der Waals surface area contributed by atoms with E-state index in [4.69, 9.17) is 0 Å². The van der Waals surface area contributed by atoms with E-state index >= 15 is 0 Å². The lowest BCUT2D eigenvalue weighted by atomic mass is 9.93. The molecule has 140 valence electrons. The molecule has 0 aliphatic carbocycles. The van der Waals surface area contributed by atoms with Crippen LogP contribution in [-0.4, -0.2) is 57.7 Å². The molecule has 0 spiro atoms. The molecule has 3 heterocycles. The molecule has 1 saturated heterocycles. The third-order valence-corrected chi connectivity index (χ3v) is 4.87. The SMILES string of the molecule is CN(C)c1nccnc1CC1CCCN(C(=O)CCCn2cccn2)C1. The maximum atomic E-state index is 12.6. The Balaban J connectivity index is 1.51. The first-order chi connectivity index (χ1) is 12.6. The van der Waals surface area contributed by atoms with Crippen LogP contribution in [0.3, 0.4) is 0 Å². The summed E-state index contributed by atoms with van der Waals surface area (Å²) in [5.74, 6) is 1.64. The summed E-state index contributed by atoms with van der Waals surface area (Å²) in [4.78, 5) is 25.6. The monoisotopic (exact) mass is 356 g/mol. The zero-order valence-corrected chi connectivity index (χ0v) is 15.7. The molecule has 0 N–H and O–H groups in total. The molecule has 1 aliphatic heterocycles. The van der Waals surface area contributed by atoms with Crippen molar-refractivity contribution in [3.05, 3.63) is 36.5 Å². The quantitative estimate of drug-likeness (QED) is 0.759. The van der Waals surface area contributed by atoms with Crippen LogP contribution in [-0.2, 0) is 17.8 Å². The van der Waals surface area contributed by atoms with Gasteiger partial charge in [0.1, 0.15) is 5.82 Å². The summed E-state index contributed by atoms with van der Waals surface area (Å²) in [6.45, 7) is 2.49. The number of aromatic nitrogens is 4. The van der Waals surface area contributed by atoms with Crippen LogP contribution in [0.2, 0.25) is 0 Å². The number of aryl methyl sites for hydroxylation is 1. The summed E-state index contributed by atoms with van der Waals surface area (Å²) in [5, 5.41) is 4.18. The van der Waals surface area contributed by atoms with E-state index < -0.39 is 0 Å². The van der Waals surface area contributed by atoms with Crippen LogP contribution in [0.4, 0.5) is 5.82 Å². The lowest BCUT2D eigenvalue weighted by Gasteiger charge is -2.33. The fourth-order valence-corrected chi connectivity index (χ4v) is 3.59. The number of carbonyl (C=O) groups is 1. The number of amides is 1. The van der Waals surface area contributed by atoms with Gasteiger partial charge in [0.25, 0.3) is 0 Å². The Bertz CT molecular complexity index is 700. The van der Waals surface area contributed by atoms with Crippen molar-refractivity contribution in [1.82, 2.24) is 24.6 Å². The predicted octanol–water partition coefficient (Wildman–Crippen LogP) is 2.00. The predicted molar refractivity (Wildman–Crippen MR) is 101 cm³/mol. The van der Waals surface area contributed by atoms with Crippen molar-refractivity contribution >= 4 is 11.7 Å². The van der Waals surface area contributed by atoms with Crippen molar-refractivity contribution in [2.24, 2.45) is 5.92 Å². The van der Waals surface area contributed by atoms with Crippen molar-refractivity contribution < 1.29 is 4.79 Å². The summed E-state index contributed by atoms with van der Waals surface area (Å²) in [6.07, 6.45) is 11.7. The lowest BCUT2D eigenvalue weighted by Crippen LogP contribution is -2.40. The van der Waals surface area contributed by atoms with E-state index in [9.17, 15) is 4.79 Å².